The topological polar surface area (TPSA) is 265 Å². The maximum absolute atomic E-state index is 15.3. The summed E-state index contributed by atoms with van der Waals surface area (Å²) in [4.78, 5) is 79.4. The number of likely N-dealkylation sites (N-methyl/N-ethyl adjacent to an activating group) is 1. The summed E-state index contributed by atoms with van der Waals surface area (Å²) in [7, 11) is 1.69. The summed E-state index contributed by atoms with van der Waals surface area (Å²) in [6.45, 7) is 20.9. The van der Waals surface area contributed by atoms with Crippen LogP contribution < -0.4 is 5.32 Å². The lowest BCUT2D eigenvalue weighted by Crippen LogP contribution is -2.57. The Kier molecular flexibility index (Phi) is 18.4. The number of aliphatic hydroxyl groups is 4. The number of amides is 4. The Balaban J connectivity index is 1.20. The highest BCUT2D eigenvalue weighted by molar-refractivity contribution is 7.99. The third kappa shape index (κ3) is 12.5. The second kappa shape index (κ2) is 24.4. The van der Waals surface area contributed by atoms with E-state index in [4.69, 9.17) is 28.9 Å². The number of rotatable bonds is 18. The van der Waals surface area contributed by atoms with E-state index in [1.807, 2.05) is 39.0 Å². The van der Waals surface area contributed by atoms with Gasteiger partial charge in [0.05, 0.1) is 59.6 Å². The van der Waals surface area contributed by atoms with Crippen LogP contribution in [0, 0.1) is 13.8 Å². The minimum absolute atomic E-state index is 0.117. The Morgan fingerprint density at radius 3 is 2.35 bits per heavy atom. The monoisotopic (exact) mass is 1090 g/mol. The molecule has 8 atom stereocenters. The van der Waals surface area contributed by atoms with Gasteiger partial charge in [0.2, 0.25) is 5.91 Å². The number of aryl methyl sites for hydroxylation is 2. The maximum atomic E-state index is 15.3. The van der Waals surface area contributed by atoms with Gasteiger partial charge in [-0.05, 0) is 114 Å². The molecule has 5 aliphatic heterocycles. The molecule has 3 aromatic rings. The van der Waals surface area contributed by atoms with E-state index in [0.717, 1.165) is 44.7 Å². The van der Waals surface area contributed by atoms with Gasteiger partial charge in [-0.25, -0.2) is 9.78 Å². The van der Waals surface area contributed by atoms with Crippen LogP contribution in [0.3, 0.4) is 0 Å². The number of nitrogens with one attached hydrogen (secondary N) is 3. The number of fused-ring (bicyclic) bond motifs is 8. The predicted octanol–water partition coefficient (Wildman–Crippen LogP) is 5.85. The summed E-state index contributed by atoms with van der Waals surface area (Å²) in [5.74, 6) is -1.20. The molecule has 8 bridgehead atoms. The third-order valence-corrected chi connectivity index (χ3v) is 16.7. The van der Waals surface area contributed by atoms with Crippen LogP contribution in [0.4, 0.5) is 4.79 Å². The van der Waals surface area contributed by atoms with Crippen molar-refractivity contribution in [3.8, 4) is 0 Å². The number of carbonyl (C=O) groups excluding carboxylic acids is 4. The molecule has 0 radical (unpaired) electrons. The first-order chi connectivity index (χ1) is 36.6. The zero-order valence-electron chi connectivity index (χ0n) is 46.2. The molecule has 5 aliphatic rings. The highest BCUT2D eigenvalue weighted by Crippen LogP contribution is 2.45. The van der Waals surface area contributed by atoms with Crippen LogP contribution >= 0.6 is 11.8 Å². The molecule has 8 heterocycles. The van der Waals surface area contributed by atoms with E-state index in [-0.39, 0.29) is 43.8 Å². The first kappa shape index (κ1) is 57.9. The Bertz CT molecular complexity index is 2910. The van der Waals surface area contributed by atoms with Gasteiger partial charge in [-0.3, -0.25) is 29.2 Å². The number of aromatic nitrogens is 4. The van der Waals surface area contributed by atoms with Gasteiger partial charge in [-0.2, -0.15) is 0 Å². The molecule has 4 amide bonds. The molecule has 0 aliphatic carbocycles. The van der Waals surface area contributed by atoms with Crippen LogP contribution in [0.2, 0.25) is 0 Å². The van der Waals surface area contributed by atoms with Crippen LogP contribution in [-0.2, 0) is 23.7 Å². The van der Waals surface area contributed by atoms with Crippen molar-refractivity contribution < 1.29 is 58.6 Å². The molecule has 0 saturated carbocycles. The highest BCUT2D eigenvalue weighted by atomic mass is 32.2. The number of hydrogen-bond donors (Lipinski definition) is 7. The van der Waals surface area contributed by atoms with E-state index >= 15 is 4.79 Å². The van der Waals surface area contributed by atoms with Crippen LogP contribution in [0.15, 0.2) is 18.2 Å². The fourth-order valence-electron chi connectivity index (χ4n) is 11.0. The molecule has 77 heavy (non-hydrogen) atoms. The molecule has 8 rings (SSSR count). The minimum Gasteiger partial charge on any atom is -0.444 e. The number of carbonyl (C=O) groups is 4. The normalized spacial score (nSPS) is 23.4. The van der Waals surface area contributed by atoms with Gasteiger partial charge in [0.1, 0.15) is 35.5 Å². The number of ether oxygens (including phenoxy) is 4. The maximum Gasteiger partial charge on any atom is 0.407 e. The molecule has 420 valence electrons. The van der Waals surface area contributed by atoms with Gasteiger partial charge >= 0.3 is 6.09 Å². The molecule has 1 unspecified atom stereocenters. The molecule has 0 aromatic carbocycles. The van der Waals surface area contributed by atoms with E-state index < -0.39 is 66.1 Å². The average molecular weight is 1090 g/mol. The number of alkyl carbamates (subject to hydrolysis) is 1. The highest BCUT2D eigenvalue weighted by Gasteiger charge is 2.44. The fourth-order valence-corrected chi connectivity index (χ4v) is 12.1. The number of H-pyrrole nitrogens is 2. The second-order valence-corrected chi connectivity index (χ2v) is 23.0. The summed E-state index contributed by atoms with van der Waals surface area (Å²) in [6, 6.07) is 6.02. The van der Waals surface area contributed by atoms with Gasteiger partial charge in [0.15, 0.2) is 0 Å². The quantitative estimate of drug-likeness (QED) is 0.0582. The van der Waals surface area contributed by atoms with E-state index in [9.17, 15) is 34.8 Å². The first-order valence-corrected chi connectivity index (χ1v) is 28.1. The number of thioether (sulfide) groups is 1. The van der Waals surface area contributed by atoms with Gasteiger partial charge < -0.3 is 59.6 Å². The van der Waals surface area contributed by atoms with Crippen molar-refractivity contribution in [3.05, 3.63) is 68.8 Å². The molecule has 2 fully saturated rings. The number of imide groups is 1. The predicted molar refractivity (Wildman–Crippen MR) is 293 cm³/mol. The van der Waals surface area contributed by atoms with Crippen molar-refractivity contribution in [1.82, 2.24) is 40.0 Å². The molecule has 2 saturated heterocycles. The van der Waals surface area contributed by atoms with Crippen molar-refractivity contribution in [2.45, 2.75) is 141 Å². The molecule has 0 spiro atoms. The molecule has 7 N–H and O–H groups in total. The van der Waals surface area contributed by atoms with E-state index in [1.165, 1.54) is 16.7 Å². The standard InChI is InChI=1S/C56H78N8O12S/c1-11-34-29(2)36-27-41-44(33(6)74-21-12-24-77-54-51(69)50(68)49(67)42(28-65)75-54)31(4)38(59-41)25-37-30(3)35(13-14-43(66)62(10)16-15-57-55(72)76-56(7,8)9)47(60-37)46-48-45(32(5)39(61-48)26-40(34)58-36)52(70)64(53(46)71)18-17-63-19-22-73-23-20-63/h25-27,30,33,35,42,49-51,54,59,61,65,67-69H,11-24,28H2,1-10H3,(H,57,72)/t30-,33?,35-,42+,49+,50-,51+,54-/m0/s1. The minimum atomic E-state index is -1.45. The lowest BCUT2D eigenvalue weighted by molar-refractivity contribution is -0.205. The Labute approximate surface area is 454 Å². The SMILES string of the molecule is CCC1=C(C)c2cc3[nH]c(cc4nc(c5c6[nH]c(cc1n2)c(C)c6C(=O)N(CCN1CCOCC1)C5=O)[C@@H](CCC(=O)N(C)CCNC(=O)OC(C)(C)C)[C@@H]4C)c(C)c3C(C)OCCCS[C@@H]1O[C@H](CO)[C@@H](O)[C@H](O)[C@H]1O. The van der Waals surface area contributed by atoms with Crippen LogP contribution in [0.5, 0.6) is 0 Å². The van der Waals surface area contributed by atoms with E-state index in [2.05, 4.69) is 41.0 Å². The lowest BCUT2D eigenvalue weighted by Gasteiger charge is -2.39. The van der Waals surface area contributed by atoms with Crippen molar-refractivity contribution in [1.29, 1.82) is 0 Å². The van der Waals surface area contributed by atoms with Gasteiger partial charge in [-0.15, -0.1) is 11.8 Å². The molecular weight excluding hydrogens is 1010 g/mol. The second-order valence-electron chi connectivity index (χ2n) is 21.8. The number of allylic oxidation sites excluding steroid dienone is 2. The molecule has 21 heteroatoms. The average Bonchev–Trinajstić information content (AvgIpc) is 4.08. The summed E-state index contributed by atoms with van der Waals surface area (Å²) in [5.41, 5.74) is 9.04. The van der Waals surface area contributed by atoms with Crippen molar-refractivity contribution in [2.75, 3.05) is 78.5 Å². The zero-order chi connectivity index (χ0) is 55.6. The number of aliphatic hydroxyl groups excluding tert-OH is 4. The number of aromatic amines is 2. The van der Waals surface area contributed by atoms with Crippen LogP contribution in [-0.4, -0.2) is 193 Å². The van der Waals surface area contributed by atoms with E-state index in [0.29, 0.717) is 104 Å². The fraction of sp³-hybridized carbons (Fsp3) is 0.607. The zero-order valence-corrected chi connectivity index (χ0v) is 47.0. The summed E-state index contributed by atoms with van der Waals surface area (Å²) < 4.78 is 23.2. The smallest absolute Gasteiger partial charge is 0.407 e. The Morgan fingerprint density at radius 1 is 0.948 bits per heavy atom. The largest absolute Gasteiger partial charge is 0.444 e. The van der Waals surface area contributed by atoms with Gasteiger partial charge in [0, 0.05) is 99.0 Å². The number of hydrogen-bond acceptors (Lipinski definition) is 16. The first-order valence-electron chi connectivity index (χ1n) is 27.0. The molecule has 3 aromatic heterocycles. The summed E-state index contributed by atoms with van der Waals surface area (Å²) in [5, 5.41) is 43.5. The van der Waals surface area contributed by atoms with Crippen molar-refractivity contribution in [2.24, 2.45) is 0 Å². The number of morpholine rings is 1. The molecule has 20 nitrogen and oxygen atoms in total. The molecular formula is C56H78N8O12S. The van der Waals surface area contributed by atoms with Crippen LogP contribution in [0.1, 0.15) is 152 Å². The number of nitrogens with zero attached hydrogens (tertiary/aromatic N) is 5. The van der Waals surface area contributed by atoms with E-state index in [1.54, 1.807) is 32.7 Å². The lowest BCUT2D eigenvalue weighted by atomic mass is 9.84. The summed E-state index contributed by atoms with van der Waals surface area (Å²) >= 11 is 1.28. The van der Waals surface area contributed by atoms with Crippen molar-refractivity contribution in [3.63, 3.8) is 0 Å². The Morgan fingerprint density at radius 2 is 1.65 bits per heavy atom. The third-order valence-electron chi connectivity index (χ3n) is 15.5. The van der Waals surface area contributed by atoms with Gasteiger partial charge in [-0.1, -0.05) is 13.8 Å². The van der Waals surface area contributed by atoms with Gasteiger partial charge in [0.25, 0.3) is 11.8 Å². The Hall–Kier alpha value is -5.23. The summed E-state index contributed by atoms with van der Waals surface area (Å²) in [6.07, 6.45) is -4.47. The van der Waals surface area contributed by atoms with Crippen molar-refractivity contribution >= 4 is 68.8 Å². The van der Waals surface area contributed by atoms with Crippen LogP contribution in [0.25, 0.3) is 33.2 Å².